The molecule has 1 amide bonds. The number of pyridine rings is 1. The molecule has 0 unspecified atom stereocenters. The Bertz CT molecular complexity index is 992. The van der Waals surface area contributed by atoms with Crippen LogP contribution in [0, 0.1) is 0 Å². The molecule has 3 aromatic rings. The van der Waals surface area contributed by atoms with Gasteiger partial charge in [0.15, 0.2) is 0 Å². The van der Waals surface area contributed by atoms with Crippen molar-refractivity contribution >= 4 is 28.3 Å². The zero-order valence-electron chi connectivity index (χ0n) is 15.5. The van der Waals surface area contributed by atoms with Crippen molar-refractivity contribution in [3.8, 4) is 0 Å². The molecule has 0 bridgehead atoms. The van der Waals surface area contributed by atoms with Crippen molar-refractivity contribution in [2.24, 2.45) is 0 Å². The molecule has 0 spiro atoms. The van der Waals surface area contributed by atoms with E-state index in [-0.39, 0.29) is 5.91 Å². The second kappa shape index (κ2) is 7.62. The van der Waals surface area contributed by atoms with Crippen molar-refractivity contribution in [3.63, 3.8) is 0 Å². The number of aryl methyl sites for hydroxylation is 1. The largest absolute Gasteiger partial charge is 0.353 e. The number of para-hydroxylation sites is 1. The quantitative estimate of drug-likeness (QED) is 0.681. The van der Waals surface area contributed by atoms with Crippen molar-refractivity contribution in [1.82, 2.24) is 4.98 Å². The molecule has 0 saturated carbocycles. The van der Waals surface area contributed by atoms with Gasteiger partial charge in [0.2, 0.25) is 0 Å². The minimum Gasteiger partial charge on any atom is -0.353 e. The van der Waals surface area contributed by atoms with Crippen LogP contribution >= 0.6 is 0 Å². The van der Waals surface area contributed by atoms with Crippen LogP contribution in [0.25, 0.3) is 10.9 Å². The number of anilines is 2. The van der Waals surface area contributed by atoms with Crippen LogP contribution < -0.4 is 10.2 Å². The first-order chi connectivity index (χ1) is 13.2. The topological polar surface area (TPSA) is 45.2 Å². The highest BCUT2D eigenvalue weighted by atomic mass is 16.1. The molecule has 4 rings (SSSR count). The molecular formula is C23H23N3O. The number of hydrogen-bond acceptors (Lipinski definition) is 3. The zero-order chi connectivity index (χ0) is 18.6. The van der Waals surface area contributed by atoms with Crippen molar-refractivity contribution in [2.45, 2.75) is 19.8 Å². The lowest BCUT2D eigenvalue weighted by atomic mass is 10.1. The van der Waals surface area contributed by atoms with Gasteiger partial charge >= 0.3 is 0 Å². The van der Waals surface area contributed by atoms with Crippen molar-refractivity contribution in [3.05, 3.63) is 77.9 Å². The minimum absolute atomic E-state index is 0.105. The standard InChI is InChI=1S/C23H23N3O/c1-2-17-10-12-18(13-11-17)24-23(27)20-16-22(26-14-6-3-7-15-26)25-21-9-5-4-8-19(20)21/h3-6,8-13,16H,2,7,14-15H2,1H3,(H,24,27). The van der Waals surface area contributed by atoms with Gasteiger partial charge in [0.25, 0.3) is 5.91 Å². The summed E-state index contributed by atoms with van der Waals surface area (Å²) in [6.45, 7) is 3.86. The molecule has 1 aromatic heterocycles. The van der Waals surface area contributed by atoms with E-state index in [1.54, 1.807) is 0 Å². The van der Waals surface area contributed by atoms with Gasteiger partial charge < -0.3 is 10.2 Å². The summed E-state index contributed by atoms with van der Waals surface area (Å²) in [6.07, 6.45) is 6.32. The molecular weight excluding hydrogens is 334 g/mol. The fourth-order valence-corrected chi connectivity index (χ4v) is 3.38. The third-order valence-electron chi connectivity index (χ3n) is 4.95. The van der Waals surface area contributed by atoms with Crippen LogP contribution in [0.15, 0.2) is 66.7 Å². The Labute approximate surface area is 159 Å². The molecule has 0 saturated heterocycles. The number of nitrogens with zero attached hydrogens (tertiary/aromatic N) is 2. The average Bonchev–Trinajstić information content (AvgIpc) is 2.74. The number of carbonyl (C=O) groups is 1. The Morgan fingerprint density at radius 1 is 1.11 bits per heavy atom. The molecule has 2 aromatic carbocycles. The number of benzene rings is 2. The van der Waals surface area contributed by atoms with E-state index in [4.69, 9.17) is 4.98 Å². The number of fused-ring (bicyclic) bond motifs is 1. The third-order valence-corrected chi connectivity index (χ3v) is 4.95. The first-order valence-electron chi connectivity index (χ1n) is 9.44. The second-order valence-corrected chi connectivity index (χ2v) is 6.76. The highest BCUT2D eigenvalue weighted by Crippen LogP contribution is 2.25. The van der Waals surface area contributed by atoms with Gasteiger partial charge in [-0.05, 0) is 42.7 Å². The van der Waals surface area contributed by atoms with Gasteiger partial charge in [0, 0.05) is 24.2 Å². The maximum atomic E-state index is 13.0. The van der Waals surface area contributed by atoms with Crippen molar-refractivity contribution in [1.29, 1.82) is 0 Å². The Morgan fingerprint density at radius 2 is 1.93 bits per heavy atom. The first-order valence-corrected chi connectivity index (χ1v) is 9.44. The summed E-state index contributed by atoms with van der Waals surface area (Å²) >= 11 is 0. The van der Waals surface area contributed by atoms with Gasteiger partial charge in [-0.1, -0.05) is 49.4 Å². The normalized spacial score (nSPS) is 13.7. The second-order valence-electron chi connectivity index (χ2n) is 6.76. The lowest BCUT2D eigenvalue weighted by Crippen LogP contribution is -2.28. The van der Waals surface area contributed by atoms with Gasteiger partial charge in [-0.3, -0.25) is 4.79 Å². The van der Waals surface area contributed by atoms with E-state index in [1.165, 1.54) is 5.56 Å². The highest BCUT2D eigenvalue weighted by molar-refractivity contribution is 6.13. The third kappa shape index (κ3) is 3.70. The van der Waals surface area contributed by atoms with E-state index < -0.39 is 0 Å². The zero-order valence-corrected chi connectivity index (χ0v) is 15.5. The summed E-state index contributed by atoms with van der Waals surface area (Å²) in [5.74, 6) is 0.746. The maximum absolute atomic E-state index is 13.0. The van der Waals surface area contributed by atoms with Crippen LogP contribution in [0.2, 0.25) is 0 Å². The molecule has 1 aliphatic heterocycles. The van der Waals surface area contributed by atoms with E-state index >= 15 is 0 Å². The number of hydrogen-bond donors (Lipinski definition) is 1. The molecule has 2 heterocycles. The molecule has 1 N–H and O–H groups in total. The monoisotopic (exact) mass is 357 g/mol. The van der Waals surface area contributed by atoms with Crippen LogP contribution in [0.1, 0.15) is 29.3 Å². The van der Waals surface area contributed by atoms with Gasteiger partial charge in [-0.15, -0.1) is 0 Å². The van der Waals surface area contributed by atoms with Gasteiger partial charge in [-0.25, -0.2) is 4.98 Å². The molecule has 0 fully saturated rings. The number of amides is 1. The first kappa shape index (κ1) is 17.3. The van der Waals surface area contributed by atoms with Gasteiger partial charge in [-0.2, -0.15) is 0 Å². The van der Waals surface area contributed by atoms with Crippen LogP contribution in [0.3, 0.4) is 0 Å². The molecule has 4 nitrogen and oxygen atoms in total. The van der Waals surface area contributed by atoms with Crippen LogP contribution in [0.5, 0.6) is 0 Å². The summed E-state index contributed by atoms with van der Waals surface area (Å²) < 4.78 is 0. The molecule has 136 valence electrons. The average molecular weight is 357 g/mol. The van der Waals surface area contributed by atoms with Crippen LogP contribution in [-0.2, 0) is 6.42 Å². The fraction of sp³-hybridized carbons (Fsp3) is 0.217. The molecule has 1 aliphatic rings. The van der Waals surface area contributed by atoms with Crippen molar-refractivity contribution < 1.29 is 4.79 Å². The summed E-state index contributed by atoms with van der Waals surface area (Å²) in [5.41, 5.74) is 3.56. The van der Waals surface area contributed by atoms with Gasteiger partial charge in [0.1, 0.15) is 5.82 Å². The molecule has 4 heteroatoms. The minimum atomic E-state index is -0.105. The van der Waals surface area contributed by atoms with E-state index in [0.29, 0.717) is 5.56 Å². The predicted octanol–water partition coefficient (Wildman–Crippen LogP) is 4.82. The lowest BCUT2D eigenvalue weighted by Gasteiger charge is -2.25. The van der Waals surface area contributed by atoms with Crippen LogP contribution in [-0.4, -0.2) is 24.0 Å². The predicted molar refractivity (Wildman–Crippen MR) is 111 cm³/mol. The summed E-state index contributed by atoms with van der Waals surface area (Å²) in [4.78, 5) is 20.0. The highest BCUT2D eigenvalue weighted by Gasteiger charge is 2.17. The summed E-state index contributed by atoms with van der Waals surface area (Å²) in [5, 5.41) is 3.90. The van der Waals surface area contributed by atoms with E-state index in [9.17, 15) is 4.79 Å². The number of nitrogens with one attached hydrogen (secondary N) is 1. The smallest absolute Gasteiger partial charge is 0.256 e. The van der Waals surface area contributed by atoms with Gasteiger partial charge in [0.05, 0.1) is 11.1 Å². The van der Waals surface area contributed by atoms with E-state index in [2.05, 4.69) is 29.3 Å². The maximum Gasteiger partial charge on any atom is 0.256 e. The lowest BCUT2D eigenvalue weighted by molar-refractivity contribution is 0.102. The molecule has 27 heavy (non-hydrogen) atoms. The Balaban J connectivity index is 1.69. The van der Waals surface area contributed by atoms with E-state index in [0.717, 1.165) is 48.3 Å². The fourth-order valence-electron chi connectivity index (χ4n) is 3.38. The molecule has 0 atom stereocenters. The van der Waals surface area contributed by atoms with E-state index in [1.807, 2.05) is 54.6 Å². The van der Waals surface area contributed by atoms with Crippen LogP contribution in [0.4, 0.5) is 11.5 Å². The summed E-state index contributed by atoms with van der Waals surface area (Å²) in [7, 11) is 0. The number of aromatic nitrogens is 1. The van der Waals surface area contributed by atoms with Crippen molar-refractivity contribution in [2.75, 3.05) is 23.3 Å². The molecule has 0 aliphatic carbocycles. The number of rotatable bonds is 4. The Kier molecular flexibility index (Phi) is 4.88. The Morgan fingerprint density at radius 3 is 2.67 bits per heavy atom. The molecule has 0 radical (unpaired) electrons. The number of carbonyl (C=O) groups excluding carboxylic acids is 1. The Hall–Kier alpha value is -3.14. The summed E-state index contributed by atoms with van der Waals surface area (Å²) in [6, 6.07) is 17.7. The SMILES string of the molecule is CCc1ccc(NC(=O)c2cc(N3CC=CCC3)nc3ccccc23)cc1.